The summed E-state index contributed by atoms with van der Waals surface area (Å²) in [4.78, 5) is 10.4. The van der Waals surface area contributed by atoms with Crippen LogP contribution in [0.25, 0.3) is 11.0 Å². The summed E-state index contributed by atoms with van der Waals surface area (Å²) < 4.78 is 6.86. The van der Waals surface area contributed by atoms with Crippen molar-refractivity contribution >= 4 is 16.7 Å². The number of rotatable bonds is 3. The first-order chi connectivity index (χ1) is 9.61. The number of hydrogen-bond acceptors (Lipinski definition) is 7. The maximum atomic E-state index is 10.9. The average molecular weight is 280 g/mol. The van der Waals surface area contributed by atoms with Gasteiger partial charge in [0.05, 0.1) is 23.2 Å². The molecule has 2 aromatic rings. The Bertz CT molecular complexity index is 657. The zero-order valence-electron chi connectivity index (χ0n) is 10.3. The summed E-state index contributed by atoms with van der Waals surface area (Å²) in [6.45, 7) is -0.301. The van der Waals surface area contributed by atoms with Gasteiger partial charge >= 0.3 is 0 Å². The van der Waals surface area contributed by atoms with E-state index in [0.717, 1.165) is 0 Å². The first-order valence-electron chi connectivity index (χ1n) is 6.04. The van der Waals surface area contributed by atoms with Gasteiger partial charge in [-0.3, -0.25) is 10.1 Å². The predicted molar refractivity (Wildman–Crippen MR) is 65.8 cm³/mol. The fourth-order valence-electron chi connectivity index (χ4n) is 2.34. The number of aliphatic hydroxyl groups is 2. The van der Waals surface area contributed by atoms with Gasteiger partial charge < -0.3 is 14.9 Å². The summed E-state index contributed by atoms with van der Waals surface area (Å²) in [5.74, 6) is 0. The second kappa shape index (κ2) is 4.78. The van der Waals surface area contributed by atoms with Crippen LogP contribution in [0.2, 0.25) is 0 Å². The van der Waals surface area contributed by atoms with E-state index in [9.17, 15) is 15.2 Å². The summed E-state index contributed by atoms with van der Waals surface area (Å²) in [6, 6.07) is 4.53. The fraction of sp³-hybridized carbons (Fsp3) is 0.455. The van der Waals surface area contributed by atoms with Crippen LogP contribution in [-0.2, 0) is 4.74 Å². The van der Waals surface area contributed by atoms with E-state index in [0.29, 0.717) is 5.52 Å². The van der Waals surface area contributed by atoms with Crippen LogP contribution >= 0.6 is 0 Å². The van der Waals surface area contributed by atoms with Crippen molar-refractivity contribution in [2.45, 2.75) is 24.9 Å². The van der Waals surface area contributed by atoms with Crippen LogP contribution in [0.15, 0.2) is 18.2 Å². The van der Waals surface area contributed by atoms with Crippen LogP contribution in [0.1, 0.15) is 12.6 Å². The van der Waals surface area contributed by atoms with Crippen molar-refractivity contribution in [3.8, 4) is 0 Å². The molecule has 1 aromatic carbocycles. The fourth-order valence-corrected chi connectivity index (χ4v) is 2.34. The molecule has 0 aliphatic carbocycles. The molecule has 1 saturated heterocycles. The number of nitro groups is 1. The van der Waals surface area contributed by atoms with Crippen molar-refractivity contribution in [3.63, 3.8) is 0 Å². The quantitative estimate of drug-likeness (QED) is 0.598. The summed E-state index contributed by atoms with van der Waals surface area (Å²) in [5, 5.41) is 37.4. The summed E-state index contributed by atoms with van der Waals surface area (Å²) >= 11 is 0. The Balaban J connectivity index is 2.02. The molecule has 1 fully saturated rings. The third kappa shape index (κ3) is 1.92. The van der Waals surface area contributed by atoms with Crippen molar-refractivity contribution in [1.82, 2.24) is 15.0 Å². The lowest BCUT2D eigenvalue weighted by Crippen LogP contribution is -2.24. The van der Waals surface area contributed by atoms with E-state index in [2.05, 4.69) is 10.3 Å². The number of fused-ring (bicyclic) bond motifs is 1. The van der Waals surface area contributed by atoms with Crippen molar-refractivity contribution in [2.75, 3.05) is 6.61 Å². The van der Waals surface area contributed by atoms with Crippen LogP contribution in [-0.4, -0.2) is 48.9 Å². The lowest BCUT2D eigenvalue weighted by atomic mass is 10.2. The molecule has 9 heteroatoms. The first-order valence-corrected chi connectivity index (χ1v) is 6.04. The zero-order valence-corrected chi connectivity index (χ0v) is 10.3. The highest BCUT2D eigenvalue weighted by atomic mass is 16.6. The molecule has 2 N–H and O–H groups in total. The van der Waals surface area contributed by atoms with E-state index < -0.39 is 23.4 Å². The molecule has 3 atom stereocenters. The summed E-state index contributed by atoms with van der Waals surface area (Å²) in [7, 11) is 0. The van der Waals surface area contributed by atoms with Gasteiger partial charge in [0.2, 0.25) is 0 Å². The van der Waals surface area contributed by atoms with Crippen molar-refractivity contribution < 1.29 is 19.9 Å². The Hall–Kier alpha value is -2.10. The minimum Gasteiger partial charge on any atom is -0.394 e. The largest absolute Gasteiger partial charge is 0.394 e. The zero-order chi connectivity index (χ0) is 14.3. The lowest BCUT2D eigenvalue weighted by molar-refractivity contribution is -0.383. The van der Waals surface area contributed by atoms with Gasteiger partial charge in [-0.25, -0.2) is 4.68 Å². The first kappa shape index (κ1) is 12.9. The van der Waals surface area contributed by atoms with Gasteiger partial charge in [0.15, 0.2) is 11.7 Å². The Morgan fingerprint density at radius 2 is 2.35 bits per heavy atom. The van der Waals surface area contributed by atoms with Crippen LogP contribution in [0.4, 0.5) is 5.69 Å². The molecule has 1 aromatic heterocycles. The standard InChI is InChI=1S/C11H12N4O5/c16-5-9-8(17)4-10(20-9)14-6-2-1-3-7(15(18)19)11(6)12-13-14/h1-3,8-10,16-17H,4-5H2/t8-,9+,10+/m0/s1. The lowest BCUT2D eigenvalue weighted by Gasteiger charge is -2.12. The van der Waals surface area contributed by atoms with E-state index in [1.54, 1.807) is 6.07 Å². The predicted octanol–water partition coefficient (Wildman–Crippen LogP) is -0.0198. The SMILES string of the molecule is O=[N+]([O-])c1cccc2c1nnn2[C@H]1C[C@H](O)[C@@H](CO)O1. The minimum absolute atomic E-state index is 0.133. The van der Waals surface area contributed by atoms with Crippen molar-refractivity contribution in [2.24, 2.45) is 0 Å². The van der Waals surface area contributed by atoms with Gasteiger partial charge in [-0.2, -0.15) is 0 Å². The van der Waals surface area contributed by atoms with E-state index in [-0.39, 0.29) is 24.2 Å². The van der Waals surface area contributed by atoms with Gasteiger partial charge in [0.25, 0.3) is 5.69 Å². The maximum Gasteiger partial charge on any atom is 0.299 e. The normalized spacial score (nSPS) is 26.2. The molecule has 20 heavy (non-hydrogen) atoms. The van der Waals surface area contributed by atoms with Gasteiger partial charge in [0.1, 0.15) is 6.10 Å². The van der Waals surface area contributed by atoms with Crippen LogP contribution in [0.5, 0.6) is 0 Å². The van der Waals surface area contributed by atoms with Crippen molar-refractivity contribution in [1.29, 1.82) is 0 Å². The number of benzene rings is 1. The van der Waals surface area contributed by atoms with E-state index in [4.69, 9.17) is 9.84 Å². The molecule has 0 unspecified atom stereocenters. The minimum atomic E-state index is -0.803. The highest BCUT2D eigenvalue weighted by molar-refractivity contribution is 5.83. The number of aliphatic hydroxyl groups excluding tert-OH is 2. The monoisotopic (exact) mass is 280 g/mol. The molecule has 0 spiro atoms. The van der Waals surface area contributed by atoms with Crippen LogP contribution in [0, 0.1) is 10.1 Å². The molecule has 0 saturated carbocycles. The van der Waals surface area contributed by atoms with Crippen molar-refractivity contribution in [3.05, 3.63) is 28.3 Å². The molecule has 2 heterocycles. The molecule has 1 aliphatic heterocycles. The van der Waals surface area contributed by atoms with Crippen LogP contribution < -0.4 is 0 Å². The highest BCUT2D eigenvalue weighted by Crippen LogP contribution is 2.32. The number of ether oxygens (including phenoxy) is 1. The Morgan fingerprint density at radius 1 is 1.55 bits per heavy atom. The molecule has 106 valence electrons. The van der Waals surface area contributed by atoms with Gasteiger partial charge in [0, 0.05) is 12.5 Å². The second-order valence-electron chi connectivity index (χ2n) is 4.55. The smallest absolute Gasteiger partial charge is 0.299 e. The highest BCUT2D eigenvalue weighted by Gasteiger charge is 2.36. The third-order valence-corrected chi connectivity index (χ3v) is 3.33. The summed E-state index contributed by atoms with van der Waals surface area (Å²) in [6.07, 6.45) is -1.85. The number of hydrogen-bond donors (Lipinski definition) is 2. The molecule has 1 aliphatic rings. The molecule has 0 bridgehead atoms. The Labute approximate surface area is 112 Å². The molecular weight excluding hydrogens is 268 g/mol. The number of aromatic nitrogens is 3. The second-order valence-corrected chi connectivity index (χ2v) is 4.55. The Morgan fingerprint density at radius 3 is 3.00 bits per heavy atom. The average Bonchev–Trinajstić information content (AvgIpc) is 3.01. The topological polar surface area (TPSA) is 124 Å². The molecular formula is C11H12N4O5. The number of nitrogens with zero attached hydrogens (tertiary/aromatic N) is 4. The van der Waals surface area contributed by atoms with Crippen LogP contribution in [0.3, 0.4) is 0 Å². The molecule has 0 radical (unpaired) electrons. The third-order valence-electron chi connectivity index (χ3n) is 3.33. The number of nitro benzene ring substituents is 1. The van der Waals surface area contributed by atoms with E-state index >= 15 is 0 Å². The maximum absolute atomic E-state index is 10.9. The van der Waals surface area contributed by atoms with E-state index in [1.165, 1.54) is 16.8 Å². The molecule has 3 rings (SSSR count). The molecule has 9 nitrogen and oxygen atoms in total. The van der Waals surface area contributed by atoms with E-state index in [1.807, 2.05) is 0 Å². The van der Waals surface area contributed by atoms with Gasteiger partial charge in [-0.1, -0.05) is 11.3 Å². The molecule has 0 amide bonds. The van der Waals surface area contributed by atoms with Gasteiger partial charge in [-0.15, -0.1) is 5.10 Å². The summed E-state index contributed by atoms with van der Waals surface area (Å²) in [5.41, 5.74) is 0.490. The number of non-ortho nitro benzene ring substituents is 1. The Kier molecular flexibility index (Phi) is 3.08. The van der Waals surface area contributed by atoms with Gasteiger partial charge in [-0.05, 0) is 6.07 Å².